The number of halogens is 2. The van der Waals surface area contributed by atoms with E-state index in [1.54, 1.807) is 30.5 Å². The van der Waals surface area contributed by atoms with Crippen LogP contribution in [0.4, 0.5) is 5.69 Å². The molecule has 0 aliphatic carbocycles. The Kier molecular flexibility index (Phi) is 5.86. The number of imide groups is 1. The van der Waals surface area contributed by atoms with Crippen LogP contribution in [0.15, 0.2) is 65.7 Å². The molecule has 1 heterocycles. The van der Waals surface area contributed by atoms with Gasteiger partial charge in [0.2, 0.25) is 0 Å². The summed E-state index contributed by atoms with van der Waals surface area (Å²) in [7, 11) is 3.82. The Hall–Kier alpha value is -3.25. The van der Waals surface area contributed by atoms with E-state index in [9.17, 15) is 9.59 Å². The first kappa shape index (κ1) is 22.5. The van der Waals surface area contributed by atoms with Crippen molar-refractivity contribution in [2.24, 2.45) is 4.99 Å². The minimum absolute atomic E-state index is 0.270. The molecule has 5 nitrogen and oxygen atoms in total. The summed E-state index contributed by atoms with van der Waals surface area (Å²) in [5.74, 6) is -0.576. The molecular formula is C27H21Cl2N3O2. The Morgan fingerprint density at radius 2 is 1.53 bits per heavy atom. The molecule has 0 saturated carbocycles. The van der Waals surface area contributed by atoms with Crippen LogP contribution in [0.3, 0.4) is 0 Å². The average Bonchev–Trinajstić information content (AvgIpc) is 2.81. The van der Waals surface area contributed by atoms with Crippen LogP contribution in [0, 0.1) is 0 Å². The van der Waals surface area contributed by atoms with Gasteiger partial charge in [0.1, 0.15) is 0 Å². The molecule has 0 bridgehead atoms. The van der Waals surface area contributed by atoms with Gasteiger partial charge in [-0.25, -0.2) is 0 Å². The summed E-state index contributed by atoms with van der Waals surface area (Å²) in [5.41, 5.74) is 2.24. The molecule has 0 unspecified atom stereocenters. The standard InChI is InChI=1S/C27H21Cl2N3O2/c1-31(2)12-13-32-26(33)18-8-3-6-16-14-17-7-4-11-22(24(17)25(23(16)18)27(32)34)30-15-19-20(28)9-5-10-21(19)29/h3-11,14-15H,12-13H2,1-2H3. The average molecular weight is 490 g/mol. The lowest BCUT2D eigenvalue weighted by molar-refractivity contribution is 0.0602. The molecule has 2 amide bonds. The van der Waals surface area contributed by atoms with Crippen LogP contribution in [0.5, 0.6) is 0 Å². The number of aliphatic imine (C=N–C) groups is 1. The molecule has 0 aromatic heterocycles. The number of hydrogen-bond donors (Lipinski definition) is 0. The zero-order valence-electron chi connectivity index (χ0n) is 18.7. The van der Waals surface area contributed by atoms with Crippen molar-refractivity contribution in [3.8, 4) is 0 Å². The summed E-state index contributed by atoms with van der Waals surface area (Å²) < 4.78 is 0. The molecule has 34 heavy (non-hydrogen) atoms. The molecule has 0 saturated heterocycles. The third-order valence-corrected chi connectivity index (χ3v) is 6.68. The maximum absolute atomic E-state index is 13.8. The second-order valence-electron chi connectivity index (χ2n) is 8.49. The van der Waals surface area contributed by atoms with Crippen molar-refractivity contribution in [1.29, 1.82) is 0 Å². The summed E-state index contributed by atoms with van der Waals surface area (Å²) in [4.78, 5) is 35.0. The zero-order valence-corrected chi connectivity index (χ0v) is 20.2. The molecular weight excluding hydrogens is 469 g/mol. The van der Waals surface area contributed by atoms with Crippen molar-refractivity contribution in [2.75, 3.05) is 27.2 Å². The molecule has 170 valence electrons. The summed E-state index contributed by atoms with van der Waals surface area (Å²) in [5, 5.41) is 4.07. The summed E-state index contributed by atoms with van der Waals surface area (Å²) in [6.45, 7) is 0.876. The fourth-order valence-corrected chi connectivity index (χ4v) is 4.85. The first-order valence-electron chi connectivity index (χ1n) is 10.8. The maximum Gasteiger partial charge on any atom is 0.262 e. The van der Waals surface area contributed by atoms with Gasteiger partial charge in [0.05, 0.1) is 21.3 Å². The van der Waals surface area contributed by atoms with Crippen LogP contribution in [0.1, 0.15) is 26.3 Å². The van der Waals surface area contributed by atoms with Gasteiger partial charge >= 0.3 is 0 Å². The van der Waals surface area contributed by atoms with E-state index in [4.69, 9.17) is 28.2 Å². The minimum atomic E-state index is -0.306. The fraction of sp³-hybridized carbons (Fsp3) is 0.148. The van der Waals surface area contributed by atoms with Crippen molar-refractivity contribution >= 4 is 68.5 Å². The van der Waals surface area contributed by atoms with E-state index in [0.29, 0.717) is 56.3 Å². The Balaban J connectivity index is 1.76. The number of nitrogens with zero attached hydrogens (tertiary/aromatic N) is 3. The Bertz CT molecular complexity index is 1490. The lowest BCUT2D eigenvalue weighted by atomic mass is 9.89. The molecule has 4 aromatic rings. The molecule has 1 aliphatic rings. The Labute approximate surface area is 207 Å². The van der Waals surface area contributed by atoms with Crippen LogP contribution in [-0.4, -0.2) is 55.0 Å². The normalized spacial score (nSPS) is 13.7. The van der Waals surface area contributed by atoms with Gasteiger partial charge < -0.3 is 4.90 Å². The predicted molar refractivity (Wildman–Crippen MR) is 139 cm³/mol. The highest BCUT2D eigenvalue weighted by Gasteiger charge is 2.34. The maximum atomic E-state index is 13.8. The van der Waals surface area contributed by atoms with Gasteiger partial charge in [0.15, 0.2) is 0 Å². The van der Waals surface area contributed by atoms with E-state index in [2.05, 4.69) is 0 Å². The Morgan fingerprint density at radius 3 is 2.24 bits per heavy atom. The molecule has 0 radical (unpaired) electrons. The quantitative estimate of drug-likeness (QED) is 0.190. The second kappa shape index (κ2) is 8.84. The molecule has 0 spiro atoms. The van der Waals surface area contributed by atoms with Crippen LogP contribution in [-0.2, 0) is 0 Å². The lowest BCUT2D eigenvalue weighted by Gasteiger charge is -2.29. The minimum Gasteiger partial charge on any atom is -0.308 e. The van der Waals surface area contributed by atoms with Crippen LogP contribution in [0.2, 0.25) is 10.0 Å². The number of fused-ring (bicyclic) bond motifs is 2. The van der Waals surface area contributed by atoms with Crippen molar-refractivity contribution in [1.82, 2.24) is 9.80 Å². The van der Waals surface area contributed by atoms with Crippen molar-refractivity contribution < 1.29 is 9.59 Å². The van der Waals surface area contributed by atoms with E-state index >= 15 is 0 Å². The fourth-order valence-electron chi connectivity index (χ4n) is 4.36. The van der Waals surface area contributed by atoms with Crippen molar-refractivity contribution in [3.05, 3.63) is 87.4 Å². The van der Waals surface area contributed by atoms with Crippen LogP contribution < -0.4 is 0 Å². The third kappa shape index (κ3) is 3.76. The summed E-state index contributed by atoms with van der Waals surface area (Å²) in [6, 6.07) is 18.5. The van der Waals surface area contributed by atoms with Gasteiger partial charge in [-0.3, -0.25) is 19.5 Å². The first-order valence-corrected chi connectivity index (χ1v) is 11.6. The van der Waals surface area contributed by atoms with Gasteiger partial charge in [-0.2, -0.15) is 0 Å². The van der Waals surface area contributed by atoms with E-state index in [1.165, 1.54) is 4.90 Å². The summed E-state index contributed by atoms with van der Waals surface area (Å²) >= 11 is 12.6. The number of amides is 2. The molecule has 0 fully saturated rings. The molecule has 0 atom stereocenters. The highest BCUT2D eigenvalue weighted by molar-refractivity contribution is 6.38. The Morgan fingerprint density at radius 1 is 0.882 bits per heavy atom. The molecule has 0 N–H and O–H groups in total. The molecule has 7 heteroatoms. The van der Waals surface area contributed by atoms with Gasteiger partial charge in [0.25, 0.3) is 11.8 Å². The highest BCUT2D eigenvalue weighted by Crippen LogP contribution is 2.40. The lowest BCUT2D eigenvalue weighted by Crippen LogP contribution is -2.43. The van der Waals surface area contributed by atoms with E-state index in [1.807, 2.05) is 55.4 Å². The topological polar surface area (TPSA) is 53.0 Å². The smallest absolute Gasteiger partial charge is 0.262 e. The second-order valence-corrected chi connectivity index (χ2v) is 9.30. The van der Waals surface area contributed by atoms with Gasteiger partial charge in [0, 0.05) is 41.2 Å². The highest BCUT2D eigenvalue weighted by atomic mass is 35.5. The number of carbonyl (C=O) groups is 2. The van der Waals surface area contributed by atoms with Gasteiger partial charge in [-0.05, 0) is 55.2 Å². The monoisotopic (exact) mass is 489 g/mol. The number of benzene rings is 4. The number of hydrogen-bond acceptors (Lipinski definition) is 4. The number of carbonyl (C=O) groups excluding carboxylic acids is 2. The van der Waals surface area contributed by atoms with Gasteiger partial charge in [-0.15, -0.1) is 0 Å². The zero-order chi connectivity index (χ0) is 24.0. The van der Waals surface area contributed by atoms with Crippen LogP contribution in [0.25, 0.3) is 21.5 Å². The summed E-state index contributed by atoms with van der Waals surface area (Å²) in [6.07, 6.45) is 1.62. The third-order valence-electron chi connectivity index (χ3n) is 6.02. The van der Waals surface area contributed by atoms with Crippen LogP contribution >= 0.6 is 23.2 Å². The SMILES string of the molecule is CN(C)CCN1C(=O)c2cccc3cc4cccc(N=Cc5c(Cl)cccc5Cl)c4c(c23)C1=O. The number of likely N-dealkylation sites (N-methyl/N-ethyl adjacent to an activating group) is 1. The van der Waals surface area contributed by atoms with E-state index in [-0.39, 0.29) is 11.8 Å². The largest absolute Gasteiger partial charge is 0.308 e. The van der Waals surface area contributed by atoms with E-state index < -0.39 is 0 Å². The van der Waals surface area contributed by atoms with Crippen molar-refractivity contribution in [2.45, 2.75) is 0 Å². The predicted octanol–water partition coefficient (Wildman–Crippen LogP) is 6.21. The molecule has 1 aliphatic heterocycles. The molecule has 5 rings (SSSR count). The van der Waals surface area contributed by atoms with Crippen molar-refractivity contribution in [3.63, 3.8) is 0 Å². The molecule has 4 aromatic carbocycles. The van der Waals surface area contributed by atoms with Gasteiger partial charge in [-0.1, -0.05) is 53.5 Å². The van der Waals surface area contributed by atoms with E-state index in [0.717, 1.165) is 10.8 Å². The number of rotatable bonds is 5. The first-order chi connectivity index (χ1) is 16.4.